The lowest BCUT2D eigenvalue weighted by molar-refractivity contribution is -0.133. The monoisotopic (exact) mass is 274 g/mol. The van der Waals surface area contributed by atoms with Crippen molar-refractivity contribution in [3.8, 4) is 0 Å². The first-order valence-electron chi connectivity index (χ1n) is 7.73. The van der Waals surface area contributed by atoms with Crippen LogP contribution in [-0.2, 0) is 4.79 Å². The molecule has 1 unspecified atom stereocenters. The van der Waals surface area contributed by atoms with Gasteiger partial charge < -0.3 is 10.2 Å². The van der Waals surface area contributed by atoms with Crippen molar-refractivity contribution in [3.05, 3.63) is 35.4 Å². The van der Waals surface area contributed by atoms with Crippen LogP contribution in [0.25, 0.3) is 0 Å². The first-order valence-corrected chi connectivity index (χ1v) is 7.73. The van der Waals surface area contributed by atoms with E-state index in [2.05, 4.69) is 41.4 Å². The van der Waals surface area contributed by atoms with Gasteiger partial charge in [0.25, 0.3) is 0 Å². The number of likely N-dealkylation sites (tertiary alicyclic amines) is 1. The summed E-state index contributed by atoms with van der Waals surface area (Å²) in [5, 5.41) is 3.07. The maximum absolute atomic E-state index is 12.5. The summed E-state index contributed by atoms with van der Waals surface area (Å²) in [4.78, 5) is 14.6. The molecule has 1 aromatic carbocycles. The predicted octanol–water partition coefficient (Wildman–Crippen LogP) is 3.05. The number of nitrogens with zero attached hydrogens (tertiary/aromatic N) is 1. The summed E-state index contributed by atoms with van der Waals surface area (Å²) in [6.45, 7) is 3.78. The zero-order chi connectivity index (χ0) is 14.4. The average Bonchev–Trinajstić information content (AvgIpc) is 2.70. The number of hydrogen-bond acceptors (Lipinski definition) is 2. The van der Waals surface area contributed by atoms with Gasteiger partial charge in [0.2, 0.25) is 5.91 Å². The van der Waals surface area contributed by atoms with Crippen LogP contribution in [0.5, 0.6) is 0 Å². The molecule has 1 atom stereocenters. The molecule has 2 rings (SSSR count). The van der Waals surface area contributed by atoms with E-state index in [4.69, 9.17) is 0 Å². The molecule has 1 amide bonds. The van der Waals surface area contributed by atoms with Crippen molar-refractivity contribution in [1.82, 2.24) is 10.2 Å². The van der Waals surface area contributed by atoms with E-state index in [1.165, 1.54) is 24.0 Å². The smallest absolute Gasteiger partial charge is 0.224 e. The van der Waals surface area contributed by atoms with Gasteiger partial charge in [-0.2, -0.15) is 0 Å². The Morgan fingerprint density at radius 3 is 2.95 bits per heavy atom. The number of rotatable bonds is 4. The fraction of sp³-hybridized carbons (Fsp3) is 0.588. The van der Waals surface area contributed by atoms with Crippen LogP contribution in [0.1, 0.15) is 49.3 Å². The summed E-state index contributed by atoms with van der Waals surface area (Å²) in [6.07, 6.45) is 5.27. The highest BCUT2D eigenvalue weighted by molar-refractivity contribution is 5.77. The first kappa shape index (κ1) is 15.0. The summed E-state index contributed by atoms with van der Waals surface area (Å²) in [5.41, 5.74) is 2.57. The highest BCUT2D eigenvalue weighted by Gasteiger charge is 2.26. The minimum atomic E-state index is 0.266. The van der Waals surface area contributed by atoms with Crippen molar-refractivity contribution in [2.45, 2.75) is 45.1 Å². The van der Waals surface area contributed by atoms with Crippen LogP contribution in [0.4, 0.5) is 0 Å². The summed E-state index contributed by atoms with van der Waals surface area (Å²) in [5.74, 6) is 0.285. The number of benzene rings is 1. The van der Waals surface area contributed by atoms with Crippen molar-refractivity contribution in [1.29, 1.82) is 0 Å². The molecule has 0 saturated carbocycles. The highest BCUT2D eigenvalue weighted by Crippen LogP contribution is 2.30. The largest absolute Gasteiger partial charge is 0.336 e. The van der Waals surface area contributed by atoms with Gasteiger partial charge >= 0.3 is 0 Å². The molecular formula is C17H26N2O. The van der Waals surface area contributed by atoms with Crippen LogP contribution in [0, 0.1) is 6.92 Å². The van der Waals surface area contributed by atoms with Crippen LogP contribution in [-0.4, -0.2) is 30.9 Å². The van der Waals surface area contributed by atoms with Crippen LogP contribution < -0.4 is 5.32 Å². The number of hydrogen-bond donors (Lipinski definition) is 1. The Balaban J connectivity index is 2.18. The third-order valence-electron chi connectivity index (χ3n) is 4.09. The molecule has 1 aromatic rings. The minimum Gasteiger partial charge on any atom is -0.336 e. The number of aryl methyl sites for hydroxylation is 1. The van der Waals surface area contributed by atoms with Gasteiger partial charge in [-0.25, -0.2) is 0 Å². The third kappa shape index (κ3) is 3.83. The van der Waals surface area contributed by atoms with Gasteiger partial charge in [0.1, 0.15) is 0 Å². The fourth-order valence-electron chi connectivity index (χ4n) is 3.01. The van der Waals surface area contributed by atoms with Gasteiger partial charge in [-0.1, -0.05) is 42.7 Å². The molecule has 1 heterocycles. The van der Waals surface area contributed by atoms with Crippen LogP contribution >= 0.6 is 0 Å². The number of carbonyl (C=O) groups is 1. The van der Waals surface area contributed by atoms with Crippen molar-refractivity contribution in [3.63, 3.8) is 0 Å². The zero-order valence-corrected chi connectivity index (χ0v) is 12.7. The van der Waals surface area contributed by atoms with E-state index in [0.29, 0.717) is 6.42 Å². The molecule has 110 valence electrons. The third-order valence-corrected chi connectivity index (χ3v) is 4.09. The second kappa shape index (κ2) is 7.44. The maximum atomic E-state index is 12.5. The molecule has 1 saturated heterocycles. The Morgan fingerprint density at radius 1 is 1.35 bits per heavy atom. The molecule has 20 heavy (non-hydrogen) atoms. The summed E-state index contributed by atoms with van der Waals surface area (Å²) >= 11 is 0. The van der Waals surface area contributed by atoms with Crippen LogP contribution in [0.15, 0.2) is 24.3 Å². The number of nitrogens with one attached hydrogen (secondary N) is 1. The van der Waals surface area contributed by atoms with Crippen molar-refractivity contribution in [2.75, 3.05) is 20.1 Å². The van der Waals surface area contributed by atoms with Crippen molar-refractivity contribution in [2.24, 2.45) is 0 Å². The van der Waals surface area contributed by atoms with Crippen molar-refractivity contribution < 1.29 is 4.79 Å². The average molecular weight is 274 g/mol. The highest BCUT2D eigenvalue weighted by atomic mass is 16.2. The SMILES string of the molecule is CNCCC(=O)N1CCCCCC1c1cccc(C)c1. The van der Waals surface area contributed by atoms with Crippen LogP contribution in [0.2, 0.25) is 0 Å². The second-order valence-electron chi connectivity index (χ2n) is 5.72. The fourth-order valence-corrected chi connectivity index (χ4v) is 3.01. The first-order chi connectivity index (χ1) is 9.72. The van der Waals surface area contributed by atoms with Gasteiger partial charge in [0.15, 0.2) is 0 Å². The normalized spacial score (nSPS) is 19.7. The summed E-state index contributed by atoms with van der Waals surface area (Å²) in [6, 6.07) is 8.89. The van der Waals surface area contributed by atoms with E-state index in [-0.39, 0.29) is 11.9 Å². The zero-order valence-electron chi connectivity index (χ0n) is 12.7. The lowest BCUT2D eigenvalue weighted by Gasteiger charge is -2.31. The standard InChI is InChI=1S/C17H26N2O/c1-14-7-6-8-15(13-14)16-9-4-3-5-12-19(16)17(20)10-11-18-2/h6-8,13,16,18H,3-5,9-12H2,1-2H3. The summed E-state index contributed by atoms with van der Waals surface area (Å²) in [7, 11) is 1.90. The molecule has 1 aliphatic heterocycles. The Kier molecular flexibility index (Phi) is 5.60. The van der Waals surface area contributed by atoms with Gasteiger partial charge in [-0.3, -0.25) is 4.79 Å². The molecule has 0 bridgehead atoms. The molecule has 0 radical (unpaired) electrons. The van der Waals surface area contributed by atoms with E-state index in [0.717, 1.165) is 25.9 Å². The van der Waals surface area contributed by atoms with E-state index >= 15 is 0 Å². The quantitative estimate of drug-likeness (QED) is 0.915. The molecule has 0 aliphatic carbocycles. The van der Waals surface area contributed by atoms with Gasteiger partial charge in [0.05, 0.1) is 6.04 Å². The molecule has 3 nitrogen and oxygen atoms in total. The van der Waals surface area contributed by atoms with Gasteiger partial charge in [-0.05, 0) is 32.4 Å². The lowest BCUT2D eigenvalue weighted by Crippen LogP contribution is -2.36. The molecule has 3 heteroatoms. The Morgan fingerprint density at radius 2 is 2.20 bits per heavy atom. The van der Waals surface area contributed by atoms with Gasteiger partial charge in [-0.15, -0.1) is 0 Å². The molecule has 0 spiro atoms. The van der Waals surface area contributed by atoms with Gasteiger partial charge in [0, 0.05) is 19.5 Å². The lowest BCUT2D eigenvalue weighted by atomic mass is 9.99. The van der Waals surface area contributed by atoms with Crippen LogP contribution in [0.3, 0.4) is 0 Å². The van der Waals surface area contributed by atoms with Crippen molar-refractivity contribution >= 4 is 5.91 Å². The van der Waals surface area contributed by atoms with E-state index < -0.39 is 0 Å². The second-order valence-corrected chi connectivity index (χ2v) is 5.72. The topological polar surface area (TPSA) is 32.3 Å². The molecule has 0 aromatic heterocycles. The molecule has 1 aliphatic rings. The Bertz CT molecular complexity index is 444. The molecule has 1 fully saturated rings. The molecule has 1 N–H and O–H groups in total. The summed E-state index contributed by atoms with van der Waals surface area (Å²) < 4.78 is 0. The van der Waals surface area contributed by atoms with E-state index in [1.807, 2.05) is 7.05 Å². The number of carbonyl (C=O) groups excluding carboxylic acids is 1. The predicted molar refractivity (Wildman–Crippen MR) is 82.6 cm³/mol. The number of amides is 1. The maximum Gasteiger partial charge on any atom is 0.224 e. The Labute approximate surface area is 122 Å². The van der Waals surface area contributed by atoms with E-state index in [9.17, 15) is 4.79 Å². The molecular weight excluding hydrogens is 248 g/mol. The minimum absolute atomic E-state index is 0.266. The Hall–Kier alpha value is -1.35. The van der Waals surface area contributed by atoms with E-state index in [1.54, 1.807) is 0 Å².